The van der Waals surface area contributed by atoms with Gasteiger partial charge in [-0.2, -0.15) is 0 Å². The Morgan fingerprint density at radius 2 is 1.94 bits per heavy atom. The van der Waals surface area contributed by atoms with Crippen LogP contribution in [0, 0.1) is 0 Å². The van der Waals surface area contributed by atoms with E-state index in [1.165, 1.54) is 0 Å². The van der Waals surface area contributed by atoms with E-state index in [9.17, 15) is 4.79 Å². The van der Waals surface area contributed by atoms with Crippen LogP contribution in [-0.4, -0.2) is 74.7 Å². The molecule has 1 aliphatic rings. The molecule has 0 aromatic carbocycles. The second kappa shape index (κ2) is 8.45. The molecule has 0 bridgehead atoms. The minimum atomic E-state index is 0.125. The maximum atomic E-state index is 11.8. The third-order valence-corrected chi connectivity index (χ3v) is 3.10. The van der Waals surface area contributed by atoms with E-state index in [4.69, 9.17) is 4.74 Å². The maximum Gasteiger partial charge on any atom is 0.248 e. The molecule has 1 saturated heterocycles. The van der Waals surface area contributed by atoms with Crippen molar-refractivity contribution < 1.29 is 9.53 Å². The third kappa shape index (κ3) is 6.33. The van der Waals surface area contributed by atoms with E-state index in [0.717, 1.165) is 39.1 Å². The first-order chi connectivity index (χ1) is 8.59. The Hall–Kier alpha value is -0.650. The summed E-state index contributed by atoms with van der Waals surface area (Å²) in [5.74, 6) is 0.125. The molecule has 0 aliphatic carbocycles. The quantitative estimate of drug-likeness (QED) is 0.660. The van der Waals surface area contributed by atoms with Crippen LogP contribution < -0.4 is 5.32 Å². The molecule has 18 heavy (non-hydrogen) atoms. The van der Waals surface area contributed by atoms with Crippen LogP contribution in [0.25, 0.3) is 0 Å². The van der Waals surface area contributed by atoms with E-state index < -0.39 is 0 Å². The van der Waals surface area contributed by atoms with Gasteiger partial charge >= 0.3 is 0 Å². The summed E-state index contributed by atoms with van der Waals surface area (Å²) in [6.45, 7) is 9.65. The first-order valence-corrected chi connectivity index (χ1v) is 6.87. The molecule has 5 heteroatoms. The lowest BCUT2D eigenvalue weighted by Crippen LogP contribution is -2.48. The van der Waals surface area contributed by atoms with Gasteiger partial charge in [0.1, 0.15) is 6.61 Å². The highest BCUT2D eigenvalue weighted by Gasteiger charge is 2.18. The van der Waals surface area contributed by atoms with Crippen molar-refractivity contribution >= 4 is 5.91 Å². The number of amides is 1. The Kier molecular flexibility index (Phi) is 7.23. The number of hydrogen-bond donors (Lipinski definition) is 1. The molecule has 0 aromatic heterocycles. The Bertz CT molecular complexity index is 238. The fourth-order valence-electron chi connectivity index (χ4n) is 1.87. The van der Waals surface area contributed by atoms with Crippen molar-refractivity contribution in [3.05, 3.63) is 0 Å². The van der Waals surface area contributed by atoms with E-state index >= 15 is 0 Å². The first-order valence-electron chi connectivity index (χ1n) is 6.87. The molecule has 106 valence electrons. The molecule has 0 aromatic rings. The van der Waals surface area contributed by atoms with E-state index in [1.54, 1.807) is 0 Å². The molecule has 1 aliphatic heterocycles. The highest BCUT2D eigenvalue weighted by molar-refractivity contribution is 5.77. The van der Waals surface area contributed by atoms with Gasteiger partial charge in [0.2, 0.25) is 5.91 Å². The van der Waals surface area contributed by atoms with Gasteiger partial charge in [-0.1, -0.05) is 13.8 Å². The lowest BCUT2D eigenvalue weighted by atomic mass is 10.3. The molecule has 5 nitrogen and oxygen atoms in total. The average Bonchev–Trinajstić information content (AvgIpc) is 2.34. The zero-order valence-electron chi connectivity index (χ0n) is 11.9. The summed E-state index contributed by atoms with van der Waals surface area (Å²) in [6.07, 6.45) is 0.953. The van der Waals surface area contributed by atoms with Gasteiger partial charge in [-0.05, 0) is 20.0 Å². The van der Waals surface area contributed by atoms with Crippen LogP contribution in [0.5, 0.6) is 0 Å². The number of carbonyl (C=O) groups excluding carboxylic acids is 1. The summed E-state index contributed by atoms with van der Waals surface area (Å²) >= 11 is 0. The fourth-order valence-corrected chi connectivity index (χ4v) is 1.87. The largest absolute Gasteiger partial charge is 0.372 e. The smallest absolute Gasteiger partial charge is 0.248 e. The van der Waals surface area contributed by atoms with Crippen molar-refractivity contribution in [2.45, 2.75) is 26.3 Å². The third-order valence-electron chi connectivity index (χ3n) is 3.10. The highest BCUT2D eigenvalue weighted by Crippen LogP contribution is 2.00. The molecule has 0 saturated carbocycles. The second-order valence-electron chi connectivity index (χ2n) is 5.20. The van der Waals surface area contributed by atoms with Crippen molar-refractivity contribution in [2.75, 3.05) is 53.0 Å². The Labute approximate surface area is 110 Å². The molecular formula is C13H27N3O2. The van der Waals surface area contributed by atoms with Gasteiger partial charge in [-0.15, -0.1) is 0 Å². The van der Waals surface area contributed by atoms with Gasteiger partial charge in [-0.25, -0.2) is 0 Å². The molecule has 0 spiro atoms. The standard InChI is InChI=1S/C13H27N3O2/c1-12(2)14-5-4-10-18-11-13(17)16-8-6-15(3)7-9-16/h12,14H,4-11H2,1-3H3. The van der Waals surface area contributed by atoms with Crippen LogP contribution in [0.4, 0.5) is 0 Å². The predicted molar refractivity (Wildman–Crippen MR) is 72.7 cm³/mol. The zero-order chi connectivity index (χ0) is 13.4. The molecule has 1 N–H and O–H groups in total. The lowest BCUT2D eigenvalue weighted by Gasteiger charge is -2.32. The van der Waals surface area contributed by atoms with Gasteiger partial charge in [0.25, 0.3) is 0 Å². The minimum absolute atomic E-state index is 0.125. The van der Waals surface area contributed by atoms with E-state index in [-0.39, 0.29) is 12.5 Å². The van der Waals surface area contributed by atoms with Gasteiger partial charge in [0.15, 0.2) is 0 Å². The molecule has 0 unspecified atom stereocenters. The van der Waals surface area contributed by atoms with Crippen LogP contribution in [0.3, 0.4) is 0 Å². The van der Waals surface area contributed by atoms with Crippen molar-refractivity contribution in [3.63, 3.8) is 0 Å². The topological polar surface area (TPSA) is 44.8 Å². The summed E-state index contributed by atoms with van der Waals surface area (Å²) in [7, 11) is 2.08. The molecule has 0 radical (unpaired) electrons. The van der Waals surface area contributed by atoms with Gasteiger partial charge < -0.3 is 19.9 Å². The number of ether oxygens (including phenoxy) is 1. The zero-order valence-corrected chi connectivity index (χ0v) is 11.9. The highest BCUT2D eigenvalue weighted by atomic mass is 16.5. The SMILES string of the molecule is CC(C)NCCCOCC(=O)N1CCN(C)CC1. The molecule has 0 atom stereocenters. The Balaban J connectivity index is 2.00. The summed E-state index contributed by atoms with van der Waals surface area (Å²) in [5, 5.41) is 3.32. The first kappa shape index (κ1) is 15.4. The normalized spacial score (nSPS) is 17.4. The number of carbonyl (C=O) groups is 1. The second-order valence-corrected chi connectivity index (χ2v) is 5.20. The van der Waals surface area contributed by atoms with Crippen LogP contribution in [0.1, 0.15) is 20.3 Å². The van der Waals surface area contributed by atoms with Crippen molar-refractivity contribution in [2.24, 2.45) is 0 Å². The Morgan fingerprint density at radius 3 is 2.56 bits per heavy atom. The van der Waals surface area contributed by atoms with Gasteiger partial charge in [-0.3, -0.25) is 4.79 Å². The predicted octanol–water partition coefficient (Wildman–Crippen LogP) is 0.165. The summed E-state index contributed by atoms with van der Waals surface area (Å²) < 4.78 is 5.41. The number of likely N-dealkylation sites (N-methyl/N-ethyl adjacent to an activating group) is 1. The van der Waals surface area contributed by atoms with E-state index in [1.807, 2.05) is 4.90 Å². The van der Waals surface area contributed by atoms with E-state index in [2.05, 4.69) is 31.1 Å². The van der Waals surface area contributed by atoms with E-state index in [0.29, 0.717) is 12.6 Å². The van der Waals surface area contributed by atoms with Crippen molar-refractivity contribution in [3.8, 4) is 0 Å². The van der Waals surface area contributed by atoms with Crippen molar-refractivity contribution in [1.29, 1.82) is 0 Å². The fraction of sp³-hybridized carbons (Fsp3) is 0.923. The summed E-state index contributed by atoms with van der Waals surface area (Å²) in [6, 6.07) is 0.511. The van der Waals surface area contributed by atoms with Gasteiger partial charge in [0, 0.05) is 38.8 Å². The number of piperazine rings is 1. The summed E-state index contributed by atoms with van der Waals surface area (Å²) in [4.78, 5) is 15.9. The lowest BCUT2D eigenvalue weighted by molar-refractivity contribution is -0.137. The van der Waals surface area contributed by atoms with Crippen LogP contribution >= 0.6 is 0 Å². The molecule has 1 heterocycles. The Morgan fingerprint density at radius 1 is 1.28 bits per heavy atom. The minimum Gasteiger partial charge on any atom is -0.372 e. The van der Waals surface area contributed by atoms with Crippen LogP contribution in [0.15, 0.2) is 0 Å². The number of rotatable bonds is 7. The number of hydrogen-bond acceptors (Lipinski definition) is 4. The average molecular weight is 257 g/mol. The summed E-state index contributed by atoms with van der Waals surface area (Å²) in [5.41, 5.74) is 0. The van der Waals surface area contributed by atoms with Gasteiger partial charge in [0.05, 0.1) is 0 Å². The molecule has 1 amide bonds. The van der Waals surface area contributed by atoms with Crippen LogP contribution in [-0.2, 0) is 9.53 Å². The molecule has 1 rings (SSSR count). The molecular weight excluding hydrogens is 230 g/mol. The number of nitrogens with zero attached hydrogens (tertiary/aromatic N) is 2. The van der Waals surface area contributed by atoms with Crippen molar-refractivity contribution in [1.82, 2.24) is 15.1 Å². The maximum absolute atomic E-state index is 11.8. The monoisotopic (exact) mass is 257 g/mol. The number of nitrogens with one attached hydrogen (secondary N) is 1. The van der Waals surface area contributed by atoms with Crippen LogP contribution in [0.2, 0.25) is 0 Å². The molecule has 1 fully saturated rings.